The zero-order valence-electron chi connectivity index (χ0n) is 5.72. The number of ether oxygens (including phenoxy) is 1. The van der Waals surface area contributed by atoms with Crippen molar-refractivity contribution >= 4 is 17.3 Å². The van der Waals surface area contributed by atoms with E-state index in [4.69, 9.17) is 17.0 Å². The second-order valence-electron chi connectivity index (χ2n) is 2.44. The Morgan fingerprint density at radius 2 is 2.56 bits per heavy atom. The van der Waals surface area contributed by atoms with Crippen molar-refractivity contribution < 1.29 is 4.74 Å². The van der Waals surface area contributed by atoms with E-state index in [1.54, 1.807) is 0 Å². The van der Waals surface area contributed by atoms with Crippen LogP contribution in [0.25, 0.3) is 0 Å². The molecule has 0 aliphatic carbocycles. The van der Waals surface area contributed by atoms with Crippen LogP contribution in [0.3, 0.4) is 0 Å². The van der Waals surface area contributed by atoms with Gasteiger partial charge in [0.25, 0.3) is 0 Å². The molecule has 0 aromatic rings. The Kier molecular flexibility index (Phi) is 2.46. The van der Waals surface area contributed by atoms with Crippen molar-refractivity contribution in [1.82, 2.24) is 0 Å². The maximum Gasteiger partial charge on any atom is 0.162 e. The van der Waals surface area contributed by atoms with Gasteiger partial charge in [0, 0.05) is 5.92 Å². The lowest BCUT2D eigenvalue weighted by Gasteiger charge is -2.02. The highest BCUT2D eigenvalue weighted by atomic mass is 32.1. The highest BCUT2D eigenvalue weighted by molar-refractivity contribution is 7.80. The minimum absolute atomic E-state index is 0.588. The SMILES string of the molecule is CCCC1CCOC1=S. The van der Waals surface area contributed by atoms with E-state index < -0.39 is 0 Å². The first kappa shape index (κ1) is 7.00. The molecule has 0 aromatic carbocycles. The van der Waals surface area contributed by atoms with Crippen LogP contribution in [0.4, 0.5) is 0 Å². The summed E-state index contributed by atoms with van der Waals surface area (Å²) >= 11 is 4.98. The molecule has 0 amide bonds. The predicted octanol–water partition coefficient (Wildman–Crippen LogP) is 2.15. The molecule has 1 rings (SSSR count). The third kappa shape index (κ3) is 1.65. The quantitative estimate of drug-likeness (QED) is 0.549. The van der Waals surface area contributed by atoms with Crippen molar-refractivity contribution in [1.29, 1.82) is 0 Å². The summed E-state index contributed by atoms with van der Waals surface area (Å²) in [7, 11) is 0. The van der Waals surface area contributed by atoms with Gasteiger partial charge in [0.2, 0.25) is 0 Å². The molecule has 1 saturated heterocycles. The fourth-order valence-electron chi connectivity index (χ4n) is 1.15. The third-order valence-electron chi connectivity index (χ3n) is 1.68. The zero-order valence-corrected chi connectivity index (χ0v) is 6.54. The number of hydrogen-bond acceptors (Lipinski definition) is 2. The van der Waals surface area contributed by atoms with Gasteiger partial charge in [-0.25, -0.2) is 0 Å². The lowest BCUT2D eigenvalue weighted by molar-refractivity contribution is 0.351. The van der Waals surface area contributed by atoms with Crippen LogP contribution < -0.4 is 0 Å². The summed E-state index contributed by atoms with van der Waals surface area (Å²) in [6, 6.07) is 0. The van der Waals surface area contributed by atoms with Crippen molar-refractivity contribution in [2.24, 2.45) is 5.92 Å². The maximum atomic E-state index is 5.15. The molecule has 1 unspecified atom stereocenters. The van der Waals surface area contributed by atoms with Gasteiger partial charge in [-0.05, 0) is 25.1 Å². The van der Waals surface area contributed by atoms with Gasteiger partial charge < -0.3 is 4.74 Å². The first-order valence-electron chi connectivity index (χ1n) is 3.51. The van der Waals surface area contributed by atoms with Crippen LogP contribution in [-0.2, 0) is 4.74 Å². The number of rotatable bonds is 2. The lowest BCUT2D eigenvalue weighted by atomic mass is 10.0. The molecule has 1 heterocycles. The van der Waals surface area contributed by atoms with Gasteiger partial charge in [0.15, 0.2) is 5.05 Å². The van der Waals surface area contributed by atoms with E-state index in [1.807, 2.05) is 0 Å². The summed E-state index contributed by atoms with van der Waals surface area (Å²) in [5, 5.41) is 0.844. The molecule has 9 heavy (non-hydrogen) atoms. The minimum atomic E-state index is 0.588. The average Bonchev–Trinajstić information content (AvgIpc) is 2.18. The van der Waals surface area contributed by atoms with Gasteiger partial charge in [-0.1, -0.05) is 13.3 Å². The van der Waals surface area contributed by atoms with Crippen molar-refractivity contribution in [3.05, 3.63) is 0 Å². The first-order valence-corrected chi connectivity index (χ1v) is 3.92. The largest absolute Gasteiger partial charge is 0.487 e. The van der Waals surface area contributed by atoms with Crippen LogP contribution in [0.15, 0.2) is 0 Å². The van der Waals surface area contributed by atoms with E-state index >= 15 is 0 Å². The van der Waals surface area contributed by atoms with Crippen LogP contribution in [0.5, 0.6) is 0 Å². The molecule has 0 aromatic heterocycles. The van der Waals surface area contributed by atoms with Crippen LogP contribution in [0, 0.1) is 5.92 Å². The Morgan fingerprint density at radius 1 is 1.78 bits per heavy atom. The Morgan fingerprint density at radius 3 is 3.00 bits per heavy atom. The molecule has 1 fully saturated rings. The van der Waals surface area contributed by atoms with Gasteiger partial charge in [-0.3, -0.25) is 0 Å². The minimum Gasteiger partial charge on any atom is -0.487 e. The summed E-state index contributed by atoms with van der Waals surface area (Å²) in [4.78, 5) is 0. The molecular weight excluding hydrogens is 132 g/mol. The summed E-state index contributed by atoms with van der Waals surface area (Å²) in [6.07, 6.45) is 3.57. The third-order valence-corrected chi connectivity index (χ3v) is 2.13. The monoisotopic (exact) mass is 144 g/mol. The van der Waals surface area contributed by atoms with Crippen molar-refractivity contribution in [3.63, 3.8) is 0 Å². The van der Waals surface area contributed by atoms with Crippen molar-refractivity contribution in [3.8, 4) is 0 Å². The number of hydrogen-bond donors (Lipinski definition) is 0. The van der Waals surface area contributed by atoms with E-state index in [0.29, 0.717) is 5.92 Å². The van der Waals surface area contributed by atoms with Gasteiger partial charge in [-0.2, -0.15) is 0 Å². The summed E-state index contributed by atoms with van der Waals surface area (Å²) in [5.74, 6) is 0.588. The smallest absolute Gasteiger partial charge is 0.162 e. The Hall–Kier alpha value is -0.110. The highest BCUT2D eigenvalue weighted by Crippen LogP contribution is 2.20. The molecule has 0 saturated carbocycles. The van der Waals surface area contributed by atoms with E-state index in [0.717, 1.165) is 18.1 Å². The number of thiocarbonyl (C=S) groups is 1. The van der Waals surface area contributed by atoms with E-state index in [1.165, 1.54) is 12.8 Å². The second-order valence-corrected chi connectivity index (χ2v) is 2.84. The zero-order chi connectivity index (χ0) is 6.69. The van der Waals surface area contributed by atoms with Crippen LogP contribution in [-0.4, -0.2) is 11.7 Å². The molecule has 0 bridgehead atoms. The van der Waals surface area contributed by atoms with Crippen molar-refractivity contribution in [2.75, 3.05) is 6.61 Å². The summed E-state index contributed by atoms with van der Waals surface area (Å²) in [5.41, 5.74) is 0. The highest BCUT2D eigenvalue weighted by Gasteiger charge is 2.20. The molecule has 1 atom stereocenters. The fraction of sp³-hybridized carbons (Fsp3) is 0.857. The molecule has 1 aliphatic heterocycles. The normalized spacial score (nSPS) is 26.3. The second kappa shape index (κ2) is 3.16. The van der Waals surface area contributed by atoms with Crippen LogP contribution >= 0.6 is 12.2 Å². The van der Waals surface area contributed by atoms with E-state index in [2.05, 4.69) is 6.92 Å². The van der Waals surface area contributed by atoms with Crippen LogP contribution in [0.1, 0.15) is 26.2 Å². The molecule has 0 N–H and O–H groups in total. The van der Waals surface area contributed by atoms with Crippen LogP contribution in [0.2, 0.25) is 0 Å². The molecule has 52 valence electrons. The van der Waals surface area contributed by atoms with E-state index in [-0.39, 0.29) is 0 Å². The standard InChI is InChI=1S/C7H12OS/c1-2-3-6-4-5-8-7(6)9/h6H,2-5H2,1H3. The van der Waals surface area contributed by atoms with E-state index in [9.17, 15) is 0 Å². The lowest BCUT2D eigenvalue weighted by Crippen LogP contribution is -2.03. The molecule has 1 aliphatic rings. The molecule has 0 radical (unpaired) electrons. The topological polar surface area (TPSA) is 9.23 Å². The fourth-order valence-corrected chi connectivity index (χ4v) is 1.47. The summed E-state index contributed by atoms with van der Waals surface area (Å²) < 4.78 is 5.15. The van der Waals surface area contributed by atoms with Gasteiger partial charge in [-0.15, -0.1) is 0 Å². The van der Waals surface area contributed by atoms with Gasteiger partial charge in [0.05, 0.1) is 6.61 Å². The predicted molar refractivity (Wildman–Crippen MR) is 41.6 cm³/mol. The molecule has 1 nitrogen and oxygen atoms in total. The van der Waals surface area contributed by atoms with Gasteiger partial charge in [0.1, 0.15) is 0 Å². The molecule has 2 heteroatoms. The average molecular weight is 144 g/mol. The van der Waals surface area contributed by atoms with Crippen molar-refractivity contribution in [2.45, 2.75) is 26.2 Å². The van der Waals surface area contributed by atoms with Gasteiger partial charge >= 0.3 is 0 Å². The molecular formula is C7H12OS. The Bertz CT molecular complexity index is 111. The molecule has 0 spiro atoms. The Balaban J connectivity index is 2.31. The summed E-state index contributed by atoms with van der Waals surface area (Å²) in [6.45, 7) is 3.03. The maximum absolute atomic E-state index is 5.15. The Labute approximate surface area is 61.4 Å². The first-order chi connectivity index (χ1) is 4.34.